The molecule has 0 aliphatic rings. The van der Waals surface area contributed by atoms with Crippen molar-refractivity contribution in [3.05, 3.63) is 0 Å². The van der Waals surface area contributed by atoms with E-state index in [1.807, 2.05) is 0 Å². The Kier molecular flexibility index (Phi) is 58.5. The molecule has 0 aromatic rings. The maximum Gasteiger partial charge on any atom is 2.00 e. The van der Waals surface area contributed by atoms with Crippen LogP contribution in [-0.4, -0.2) is 76.9 Å². The molecule has 2 atom stereocenters. The summed E-state index contributed by atoms with van der Waals surface area (Å²) < 4.78 is 74.0. The average Bonchev–Trinajstić information content (AvgIpc) is 3.23. The van der Waals surface area contributed by atoms with Gasteiger partial charge in [-0.2, -0.15) is 0 Å². The van der Waals surface area contributed by atoms with Crippen LogP contribution in [-0.2, 0) is 29.2 Å². The molecule has 0 radical (unpaired) electrons. The molecular formula is C52H106CaO8S2. The van der Waals surface area contributed by atoms with Gasteiger partial charge in [-0.3, -0.25) is 8.37 Å². The van der Waals surface area contributed by atoms with E-state index in [-0.39, 0.29) is 62.8 Å². The molecule has 0 amide bonds. The van der Waals surface area contributed by atoms with Crippen LogP contribution in [0.1, 0.15) is 310 Å². The molecule has 11 heteroatoms. The fraction of sp³-hybridized carbons (Fsp3) is 1.00. The van der Waals surface area contributed by atoms with Crippen LogP contribution in [0.2, 0.25) is 0 Å². The Morgan fingerprint density at radius 1 is 0.286 bits per heavy atom. The second-order valence-corrected chi connectivity index (χ2v) is 21.1. The van der Waals surface area contributed by atoms with E-state index in [9.17, 15) is 25.9 Å². The van der Waals surface area contributed by atoms with Crippen molar-refractivity contribution in [3.63, 3.8) is 0 Å². The third kappa shape index (κ3) is 63.0. The SMILES string of the molecule is CCCCCCCCCCCCCCCCC(CCCCCCCC)COS(=O)(=O)[O-].CCCCCCCCCCCCCCCCC(CCCCCCCC)COS(=O)(=O)[O-].[Ca+2]. The summed E-state index contributed by atoms with van der Waals surface area (Å²) >= 11 is 0. The fourth-order valence-corrected chi connectivity index (χ4v) is 9.38. The summed E-state index contributed by atoms with van der Waals surface area (Å²) in [6.45, 7) is 9.11. The van der Waals surface area contributed by atoms with E-state index in [0.717, 1.165) is 51.4 Å². The first-order chi connectivity index (χ1) is 30.0. The third-order valence-corrected chi connectivity index (χ3v) is 13.6. The van der Waals surface area contributed by atoms with Crippen molar-refractivity contribution in [2.45, 2.75) is 310 Å². The first kappa shape index (κ1) is 68.3. The van der Waals surface area contributed by atoms with E-state index in [0.29, 0.717) is 0 Å². The molecule has 0 spiro atoms. The van der Waals surface area contributed by atoms with Gasteiger partial charge in [0.05, 0.1) is 13.2 Å². The monoisotopic (exact) mass is 963 g/mol. The van der Waals surface area contributed by atoms with Gasteiger partial charge in [-0.15, -0.1) is 0 Å². The predicted octanol–water partition coefficient (Wildman–Crippen LogP) is 17.0. The zero-order chi connectivity index (χ0) is 46.1. The van der Waals surface area contributed by atoms with Gasteiger partial charge in [0, 0.05) is 0 Å². The van der Waals surface area contributed by atoms with Crippen LogP contribution in [0.4, 0.5) is 0 Å². The van der Waals surface area contributed by atoms with Crippen LogP contribution in [0.5, 0.6) is 0 Å². The number of hydrogen-bond donors (Lipinski definition) is 0. The van der Waals surface area contributed by atoms with Gasteiger partial charge in [0.2, 0.25) is 20.8 Å². The van der Waals surface area contributed by atoms with Crippen LogP contribution >= 0.6 is 0 Å². The van der Waals surface area contributed by atoms with Crippen molar-refractivity contribution >= 4 is 58.5 Å². The maximum atomic E-state index is 10.8. The Hall–Kier alpha value is 1.000. The summed E-state index contributed by atoms with van der Waals surface area (Å²) in [4.78, 5) is 0. The Bertz CT molecular complexity index is 992. The summed E-state index contributed by atoms with van der Waals surface area (Å²) in [6.07, 6.45) is 56.1. The van der Waals surface area contributed by atoms with Crippen LogP contribution in [0.25, 0.3) is 0 Å². The van der Waals surface area contributed by atoms with Crippen molar-refractivity contribution in [1.82, 2.24) is 0 Å². The van der Waals surface area contributed by atoms with Crippen LogP contribution < -0.4 is 0 Å². The van der Waals surface area contributed by atoms with E-state index in [1.165, 1.54) is 231 Å². The fourth-order valence-electron chi connectivity index (χ4n) is 8.66. The van der Waals surface area contributed by atoms with Crippen molar-refractivity contribution in [2.75, 3.05) is 13.2 Å². The average molecular weight is 964 g/mol. The van der Waals surface area contributed by atoms with E-state index >= 15 is 0 Å². The topological polar surface area (TPSA) is 133 Å². The number of hydrogen-bond acceptors (Lipinski definition) is 8. The zero-order valence-corrected chi connectivity index (χ0v) is 46.3. The van der Waals surface area contributed by atoms with Crippen LogP contribution in [0.3, 0.4) is 0 Å². The van der Waals surface area contributed by atoms with E-state index < -0.39 is 20.8 Å². The molecule has 8 nitrogen and oxygen atoms in total. The van der Waals surface area contributed by atoms with E-state index in [1.54, 1.807) is 0 Å². The minimum absolute atomic E-state index is 0. The molecule has 0 fully saturated rings. The van der Waals surface area contributed by atoms with Gasteiger partial charge < -0.3 is 9.11 Å². The summed E-state index contributed by atoms with van der Waals surface area (Å²) in [7, 11) is -9.14. The van der Waals surface area contributed by atoms with E-state index in [2.05, 4.69) is 36.1 Å². The molecule has 2 unspecified atom stereocenters. The molecule has 0 saturated carbocycles. The van der Waals surface area contributed by atoms with Crippen molar-refractivity contribution < 1.29 is 34.3 Å². The normalized spacial score (nSPS) is 12.8. The van der Waals surface area contributed by atoms with Gasteiger partial charge in [-0.05, 0) is 37.5 Å². The molecule has 0 heterocycles. The molecule has 0 bridgehead atoms. The largest absolute Gasteiger partial charge is 2.00 e. The quantitative estimate of drug-likeness (QED) is 0.0255. The van der Waals surface area contributed by atoms with E-state index in [4.69, 9.17) is 0 Å². The molecule has 0 N–H and O–H groups in total. The predicted molar refractivity (Wildman–Crippen MR) is 270 cm³/mol. The Morgan fingerprint density at radius 2 is 0.429 bits per heavy atom. The van der Waals surface area contributed by atoms with Crippen molar-refractivity contribution in [1.29, 1.82) is 0 Å². The standard InChI is InChI=1S/2C26H54O4S.Ca/c2*1-3-5-7-9-11-12-13-14-15-16-17-18-20-22-24-26(25-30-31(27,28)29)23-21-19-10-8-6-4-2;/h2*26H,3-25H2,1-2H3,(H,27,28,29);/q;;+2/p-2. The van der Waals surface area contributed by atoms with Gasteiger partial charge in [0.25, 0.3) is 0 Å². The Labute approximate surface area is 424 Å². The van der Waals surface area contributed by atoms with Crippen LogP contribution in [0.15, 0.2) is 0 Å². The summed E-state index contributed by atoms with van der Waals surface area (Å²) in [5.41, 5.74) is 0. The smallest absolute Gasteiger partial charge is 0.726 e. The summed E-state index contributed by atoms with van der Waals surface area (Å²) in [6, 6.07) is 0. The second kappa shape index (κ2) is 53.9. The first-order valence-corrected chi connectivity index (χ1v) is 29.9. The zero-order valence-electron chi connectivity index (χ0n) is 42.5. The molecule has 0 aromatic heterocycles. The second-order valence-electron chi connectivity index (χ2n) is 19.0. The van der Waals surface area contributed by atoms with Crippen molar-refractivity contribution in [3.8, 4) is 0 Å². The number of unbranched alkanes of at least 4 members (excludes halogenated alkanes) is 36. The molecule has 376 valence electrons. The van der Waals surface area contributed by atoms with Gasteiger partial charge in [0.1, 0.15) is 0 Å². The molecule has 63 heavy (non-hydrogen) atoms. The molecule has 0 aliphatic heterocycles. The third-order valence-electron chi connectivity index (χ3n) is 12.8. The Morgan fingerprint density at radius 3 is 0.571 bits per heavy atom. The minimum Gasteiger partial charge on any atom is -0.726 e. The van der Waals surface area contributed by atoms with Crippen molar-refractivity contribution in [2.24, 2.45) is 11.8 Å². The minimum atomic E-state index is -4.57. The molecule has 0 rings (SSSR count). The first-order valence-electron chi connectivity index (χ1n) is 27.2. The number of rotatable bonds is 50. The maximum absolute atomic E-state index is 10.8. The summed E-state index contributed by atoms with van der Waals surface area (Å²) in [5, 5.41) is 0. The molecular weight excluding hydrogens is 857 g/mol. The van der Waals surface area contributed by atoms with Crippen LogP contribution in [0, 0.1) is 11.8 Å². The van der Waals surface area contributed by atoms with Gasteiger partial charge >= 0.3 is 37.7 Å². The Balaban J connectivity index is -0.00000112. The van der Waals surface area contributed by atoms with Gasteiger partial charge in [-0.1, -0.05) is 285 Å². The molecule has 0 saturated heterocycles. The van der Waals surface area contributed by atoms with Gasteiger partial charge in [-0.25, -0.2) is 16.8 Å². The van der Waals surface area contributed by atoms with Gasteiger partial charge in [0.15, 0.2) is 0 Å². The summed E-state index contributed by atoms with van der Waals surface area (Å²) in [5.74, 6) is 0.402. The molecule has 0 aliphatic carbocycles. The molecule has 0 aromatic carbocycles.